The maximum absolute atomic E-state index is 13.0. The van der Waals surface area contributed by atoms with Gasteiger partial charge in [-0.3, -0.25) is 9.35 Å². The first-order valence-corrected chi connectivity index (χ1v) is 24.8. The summed E-state index contributed by atoms with van der Waals surface area (Å²) < 4.78 is 47.6. The van der Waals surface area contributed by atoms with Gasteiger partial charge in [0.25, 0.3) is 0 Å². The molecular formula is C44H87NO11S. The summed E-state index contributed by atoms with van der Waals surface area (Å²) in [5.41, 5.74) is 0. The van der Waals surface area contributed by atoms with E-state index >= 15 is 0 Å². The molecule has 57 heavy (non-hydrogen) atoms. The molecular weight excluding hydrogens is 751 g/mol. The molecule has 1 aliphatic rings. The van der Waals surface area contributed by atoms with Gasteiger partial charge in [-0.2, -0.15) is 8.42 Å². The van der Waals surface area contributed by atoms with Crippen LogP contribution in [0.4, 0.5) is 0 Å². The first kappa shape index (κ1) is 54.1. The molecule has 1 aliphatic heterocycles. The summed E-state index contributed by atoms with van der Waals surface area (Å²) in [5, 5.41) is 44.8. The lowest BCUT2D eigenvalue weighted by atomic mass is 9.99. The number of unbranched alkanes of at least 4 members (excludes halogenated alkanes) is 28. The highest BCUT2D eigenvalue weighted by atomic mass is 32.3. The van der Waals surface area contributed by atoms with Crippen LogP contribution < -0.4 is 5.32 Å². The Labute approximate surface area is 347 Å². The van der Waals surface area contributed by atoms with Crippen LogP contribution in [0.2, 0.25) is 0 Å². The van der Waals surface area contributed by atoms with Gasteiger partial charge in [0.05, 0.1) is 25.4 Å². The minimum absolute atomic E-state index is 0.229. The molecule has 1 saturated heterocycles. The van der Waals surface area contributed by atoms with Crippen LogP contribution in [0.5, 0.6) is 0 Å². The third kappa shape index (κ3) is 29.1. The number of nitrogens with one attached hydrogen (secondary N) is 1. The zero-order valence-electron chi connectivity index (χ0n) is 36.2. The van der Waals surface area contributed by atoms with Crippen LogP contribution in [0.15, 0.2) is 0 Å². The standard InChI is InChI=1S/C44H87NO11S/c1-3-5-7-9-11-13-15-16-17-18-19-20-21-22-24-25-27-29-31-33-38(47)37(45-40(48)34-32-30-28-26-23-14-12-10-8-6-4-2)36-54-44-42(50)43(56-57(51,52)53)41(49)39(35-46)55-44/h37-39,41-44,46-47,49-50H,3-36H2,1-2H3,(H,45,48)(H,51,52,53). The molecule has 6 N–H and O–H groups in total. The highest BCUT2D eigenvalue weighted by molar-refractivity contribution is 7.80. The molecule has 0 aromatic rings. The van der Waals surface area contributed by atoms with E-state index < -0.39 is 59.9 Å². The smallest absolute Gasteiger partial charge is 0.394 e. The number of hydrogen-bond acceptors (Lipinski definition) is 10. The Morgan fingerprint density at radius 2 is 1.02 bits per heavy atom. The van der Waals surface area contributed by atoms with Gasteiger partial charge in [0.15, 0.2) is 6.29 Å². The number of carbonyl (C=O) groups is 1. The van der Waals surface area contributed by atoms with Crippen molar-refractivity contribution in [3.8, 4) is 0 Å². The molecule has 340 valence electrons. The van der Waals surface area contributed by atoms with E-state index in [1.54, 1.807) is 0 Å². The van der Waals surface area contributed by atoms with Gasteiger partial charge in [0, 0.05) is 6.42 Å². The topological polar surface area (TPSA) is 192 Å². The summed E-state index contributed by atoms with van der Waals surface area (Å²) in [6, 6.07) is -0.850. The van der Waals surface area contributed by atoms with Crippen LogP contribution in [0.3, 0.4) is 0 Å². The third-order valence-electron chi connectivity index (χ3n) is 11.4. The van der Waals surface area contributed by atoms with Crippen LogP contribution in [-0.4, -0.2) is 95.4 Å². The minimum atomic E-state index is -5.07. The molecule has 0 aromatic heterocycles. The molecule has 1 heterocycles. The van der Waals surface area contributed by atoms with E-state index in [0.29, 0.717) is 12.8 Å². The van der Waals surface area contributed by atoms with Gasteiger partial charge in [0.1, 0.15) is 24.4 Å². The van der Waals surface area contributed by atoms with Crippen molar-refractivity contribution < 1.29 is 51.8 Å². The van der Waals surface area contributed by atoms with Crippen LogP contribution >= 0.6 is 0 Å². The SMILES string of the molecule is CCCCCCCCCCCCCCCCCCCCCC(O)C(COC1OC(CO)C(O)C(OS(=O)(=O)O)C1O)NC(=O)CCCCCCCCCCCCC. The van der Waals surface area contributed by atoms with Crippen molar-refractivity contribution in [3.05, 3.63) is 0 Å². The maximum Gasteiger partial charge on any atom is 0.397 e. The van der Waals surface area contributed by atoms with E-state index in [4.69, 9.17) is 9.47 Å². The van der Waals surface area contributed by atoms with Gasteiger partial charge in [-0.25, -0.2) is 4.18 Å². The second kappa shape index (κ2) is 35.8. The minimum Gasteiger partial charge on any atom is -0.394 e. The molecule has 0 saturated carbocycles. The van der Waals surface area contributed by atoms with Gasteiger partial charge in [0.2, 0.25) is 5.91 Å². The number of hydrogen-bond donors (Lipinski definition) is 6. The summed E-state index contributed by atoms with van der Waals surface area (Å²) in [7, 11) is -5.07. The van der Waals surface area contributed by atoms with Crippen molar-refractivity contribution in [2.45, 2.75) is 262 Å². The normalized spacial score (nSPS) is 21.1. The Balaban J connectivity index is 2.45. The lowest BCUT2D eigenvalue weighted by Gasteiger charge is -2.41. The molecule has 0 bridgehead atoms. The van der Waals surface area contributed by atoms with Gasteiger partial charge < -0.3 is 35.2 Å². The highest BCUT2D eigenvalue weighted by Gasteiger charge is 2.48. The quantitative estimate of drug-likeness (QED) is 0.0255. The van der Waals surface area contributed by atoms with E-state index in [9.17, 15) is 38.2 Å². The van der Waals surface area contributed by atoms with Crippen LogP contribution in [0, 0.1) is 0 Å². The molecule has 1 fully saturated rings. The monoisotopic (exact) mass is 838 g/mol. The van der Waals surface area contributed by atoms with Crippen LogP contribution in [0.1, 0.15) is 219 Å². The summed E-state index contributed by atoms with van der Waals surface area (Å²) in [6.45, 7) is 3.45. The lowest BCUT2D eigenvalue weighted by Crippen LogP contribution is -2.61. The van der Waals surface area contributed by atoms with Crippen molar-refractivity contribution in [1.82, 2.24) is 5.32 Å². The fourth-order valence-electron chi connectivity index (χ4n) is 7.75. The number of aliphatic hydroxyl groups is 4. The summed E-state index contributed by atoms with van der Waals surface area (Å²) in [6.07, 6.45) is 28.2. The number of aliphatic hydroxyl groups excluding tert-OH is 4. The number of rotatable bonds is 40. The Morgan fingerprint density at radius 3 is 1.40 bits per heavy atom. The molecule has 13 heteroatoms. The number of amides is 1. The van der Waals surface area contributed by atoms with Crippen LogP contribution in [-0.2, 0) is 28.9 Å². The van der Waals surface area contributed by atoms with Crippen molar-refractivity contribution >= 4 is 16.3 Å². The molecule has 0 spiro atoms. The molecule has 0 aliphatic carbocycles. The molecule has 0 aromatic carbocycles. The van der Waals surface area contributed by atoms with E-state index in [0.717, 1.165) is 51.4 Å². The average Bonchev–Trinajstić information content (AvgIpc) is 3.18. The maximum atomic E-state index is 13.0. The zero-order valence-corrected chi connectivity index (χ0v) is 37.0. The summed E-state index contributed by atoms with van der Waals surface area (Å²) in [4.78, 5) is 13.0. The summed E-state index contributed by atoms with van der Waals surface area (Å²) in [5.74, 6) is -0.229. The Bertz CT molecular complexity index is 1040. The Kier molecular flexibility index (Phi) is 34.0. The Hall–Kier alpha value is -0.900. The van der Waals surface area contributed by atoms with Gasteiger partial charge in [-0.05, 0) is 12.8 Å². The highest BCUT2D eigenvalue weighted by Crippen LogP contribution is 2.26. The average molecular weight is 838 g/mol. The zero-order chi connectivity index (χ0) is 42.0. The van der Waals surface area contributed by atoms with Gasteiger partial charge in [-0.1, -0.05) is 200 Å². The largest absolute Gasteiger partial charge is 0.397 e. The summed E-state index contributed by atoms with van der Waals surface area (Å²) >= 11 is 0. The van der Waals surface area contributed by atoms with Crippen molar-refractivity contribution in [2.75, 3.05) is 13.2 Å². The van der Waals surface area contributed by atoms with Gasteiger partial charge >= 0.3 is 10.4 Å². The first-order chi connectivity index (χ1) is 27.5. The van der Waals surface area contributed by atoms with E-state index in [-0.39, 0.29) is 12.5 Å². The fourth-order valence-corrected chi connectivity index (χ4v) is 8.26. The predicted octanol–water partition coefficient (Wildman–Crippen LogP) is 9.00. The van der Waals surface area contributed by atoms with E-state index in [1.807, 2.05) is 0 Å². The fraction of sp³-hybridized carbons (Fsp3) is 0.977. The third-order valence-corrected chi connectivity index (χ3v) is 11.9. The molecule has 7 unspecified atom stereocenters. The first-order valence-electron chi connectivity index (χ1n) is 23.4. The second-order valence-corrected chi connectivity index (χ2v) is 17.8. The van der Waals surface area contributed by atoms with Crippen molar-refractivity contribution in [2.24, 2.45) is 0 Å². The van der Waals surface area contributed by atoms with E-state index in [2.05, 4.69) is 23.3 Å². The lowest BCUT2D eigenvalue weighted by molar-refractivity contribution is -0.298. The molecule has 7 atom stereocenters. The van der Waals surface area contributed by atoms with Crippen molar-refractivity contribution in [1.29, 1.82) is 0 Å². The molecule has 12 nitrogen and oxygen atoms in total. The number of carbonyl (C=O) groups excluding carboxylic acids is 1. The Morgan fingerprint density at radius 1 is 0.632 bits per heavy atom. The molecule has 0 radical (unpaired) electrons. The van der Waals surface area contributed by atoms with Crippen molar-refractivity contribution in [3.63, 3.8) is 0 Å². The predicted molar refractivity (Wildman–Crippen MR) is 227 cm³/mol. The van der Waals surface area contributed by atoms with Gasteiger partial charge in [-0.15, -0.1) is 0 Å². The molecule has 1 rings (SSSR count). The number of ether oxygens (including phenoxy) is 2. The van der Waals surface area contributed by atoms with E-state index in [1.165, 1.54) is 141 Å². The molecule has 1 amide bonds. The second-order valence-electron chi connectivity index (χ2n) is 16.7. The van der Waals surface area contributed by atoms with Crippen LogP contribution in [0.25, 0.3) is 0 Å².